The number of amides is 1. The molecule has 0 unspecified atom stereocenters. The highest BCUT2D eigenvalue weighted by atomic mass is 16.3. The highest BCUT2D eigenvalue weighted by Gasteiger charge is 2.18. The number of rotatable bonds is 5. The van der Waals surface area contributed by atoms with Gasteiger partial charge < -0.3 is 10.4 Å². The van der Waals surface area contributed by atoms with Crippen molar-refractivity contribution in [1.29, 1.82) is 0 Å². The van der Waals surface area contributed by atoms with E-state index in [0.717, 1.165) is 5.69 Å². The maximum absolute atomic E-state index is 11.8. The van der Waals surface area contributed by atoms with Crippen molar-refractivity contribution in [2.45, 2.75) is 27.2 Å². The van der Waals surface area contributed by atoms with E-state index < -0.39 is 0 Å². The lowest BCUT2D eigenvalue weighted by Crippen LogP contribution is -2.35. The number of aryl methyl sites for hydroxylation is 1. The number of aliphatic hydroxyl groups excluding tert-OH is 1. The number of aromatic nitrogens is 1. The zero-order valence-electron chi connectivity index (χ0n) is 10.7. The van der Waals surface area contributed by atoms with Crippen LogP contribution in [-0.2, 0) is 0 Å². The summed E-state index contributed by atoms with van der Waals surface area (Å²) in [6.07, 6.45) is 0.661. The summed E-state index contributed by atoms with van der Waals surface area (Å²) < 4.78 is 0. The Morgan fingerprint density at radius 1 is 1.47 bits per heavy atom. The van der Waals surface area contributed by atoms with Crippen molar-refractivity contribution in [3.63, 3.8) is 0 Å². The Hall–Kier alpha value is -1.42. The average molecular weight is 236 g/mol. The SMILES string of the molecule is Cc1cccc(C(=O)NCC(C)(C)CCO)n1. The second kappa shape index (κ2) is 5.77. The van der Waals surface area contributed by atoms with Crippen LogP contribution in [0.3, 0.4) is 0 Å². The van der Waals surface area contributed by atoms with E-state index in [2.05, 4.69) is 10.3 Å². The Kier molecular flexibility index (Phi) is 4.63. The van der Waals surface area contributed by atoms with Gasteiger partial charge in [-0.25, -0.2) is 4.98 Å². The predicted octanol–water partition coefficient (Wildman–Crippen LogP) is 1.53. The number of nitrogens with zero attached hydrogens (tertiary/aromatic N) is 1. The first-order valence-corrected chi connectivity index (χ1v) is 5.77. The average Bonchev–Trinajstić information content (AvgIpc) is 2.26. The highest BCUT2D eigenvalue weighted by Crippen LogP contribution is 2.18. The Morgan fingerprint density at radius 2 is 2.18 bits per heavy atom. The standard InChI is InChI=1S/C13H20N2O2/c1-10-5-4-6-11(15-10)12(17)14-9-13(2,3)7-8-16/h4-6,16H,7-9H2,1-3H3,(H,14,17). The molecule has 0 saturated carbocycles. The first-order valence-electron chi connectivity index (χ1n) is 5.77. The summed E-state index contributed by atoms with van der Waals surface area (Å²) in [4.78, 5) is 16.0. The van der Waals surface area contributed by atoms with Crippen molar-refractivity contribution >= 4 is 5.91 Å². The molecule has 94 valence electrons. The van der Waals surface area contributed by atoms with Gasteiger partial charge in [-0.15, -0.1) is 0 Å². The van der Waals surface area contributed by atoms with Crippen LogP contribution in [0, 0.1) is 12.3 Å². The van der Waals surface area contributed by atoms with Crippen LogP contribution in [0.5, 0.6) is 0 Å². The van der Waals surface area contributed by atoms with E-state index in [0.29, 0.717) is 18.7 Å². The number of aliphatic hydroxyl groups is 1. The normalized spacial score (nSPS) is 11.3. The summed E-state index contributed by atoms with van der Waals surface area (Å²) in [5.41, 5.74) is 1.16. The fourth-order valence-corrected chi connectivity index (χ4v) is 1.47. The minimum atomic E-state index is -0.167. The fourth-order valence-electron chi connectivity index (χ4n) is 1.47. The van der Waals surface area contributed by atoms with Gasteiger partial charge in [0, 0.05) is 18.8 Å². The van der Waals surface area contributed by atoms with Crippen molar-refractivity contribution < 1.29 is 9.90 Å². The van der Waals surface area contributed by atoms with Crippen molar-refractivity contribution in [2.75, 3.05) is 13.2 Å². The molecule has 2 N–H and O–H groups in total. The van der Waals surface area contributed by atoms with Gasteiger partial charge in [-0.2, -0.15) is 0 Å². The van der Waals surface area contributed by atoms with Crippen LogP contribution in [0.4, 0.5) is 0 Å². The molecule has 0 aromatic carbocycles. The molecule has 4 heteroatoms. The van der Waals surface area contributed by atoms with Gasteiger partial charge >= 0.3 is 0 Å². The molecule has 1 aromatic heterocycles. The topological polar surface area (TPSA) is 62.2 Å². The Bertz CT molecular complexity index is 389. The van der Waals surface area contributed by atoms with Gasteiger partial charge in [0.1, 0.15) is 5.69 Å². The molecule has 1 rings (SSSR count). The first kappa shape index (κ1) is 13.6. The second-order valence-electron chi connectivity index (χ2n) is 4.98. The quantitative estimate of drug-likeness (QED) is 0.815. The Balaban J connectivity index is 2.56. The van der Waals surface area contributed by atoms with Gasteiger partial charge in [0.25, 0.3) is 5.91 Å². The van der Waals surface area contributed by atoms with Crippen LogP contribution in [0.15, 0.2) is 18.2 Å². The molecule has 0 spiro atoms. The van der Waals surface area contributed by atoms with Crippen molar-refractivity contribution in [1.82, 2.24) is 10.3 Å². The summed E-state index contributed by atoms with van der Waals surface area (Å²) in [6.45, 7) is 6.53. The largest absolute Gasteiger partial charge is 0.396 e. The Morgan fingerprint density at radius 3 is 2.76 bits per heavy atom. The zero-order chi connectivity index (χ0) is 12.9. The molecule has 17 heavy (non-hydrogen) atoms. The van der Waals surface area contributed by atoms with Crippen molar-refractivity contribution in [2.24, 2.45) is 5.41 Å². The number of pyridine rings is 1. The molecule has 0 fully saturated rings. The number of nitrogens with one attached hydrogen (secondary N) is 1. The van der Waals surface area contributed by atoms with E-state index in [1.54, 1.807) is 6.07 Å². The number of hydrogen-bond acceptors (Lipinski definition) is 3. The summed E-state index contributed by atoms with van der Waals surface area (Å²) in [7, 11) is 0. The molecule has 0 aliphatic heterocycles. The number of carbonyl (C=O) groups excluding carboxylic acids is 1. The molecule has 0 bridgehead atoms. The molecule has 1 amide bonds. The monoisotopic (exact) mass is 236 g/mol. The van der Waals surface area contributed by atoms with Crippen LogP contribution in [-0.4, -0.2) is 29.1 Å². The third-order valence-corrected chi connectivity index (χ3v) is 2.64. The number of hydrogen-bond donors (Lipinski definition) is 2. The molecule has 1 aromatic rings. The minimum Gasteiger partial charge on any atom is -0.396 e. The third kappa shape index (κ3) is 4.53. The van der Waals surface area contributed by atoms with Crippen molar-refractivity contribution in [3.05, 3.63) is 29.6 Å². The van der Waals surface area contributed by atoms with E-state index in [4.69, 9.17) is 5.11 Å². The van der Waals surface area contributed by atoms with E-state index in [-0.39, 0.29) is 17.9 Å². The van der Waals surface area contributed by atoms with Crippen LogP contribution < -0.4 is 5.32 Å². The predicted molar refractivity (Wildman–Crippen MR) is 66.8 cm³/mol. The fraction of sp³-hybridized carbons (Fsp3) is 0.538. The molecule has 0 radical (unpaired) electrons. The molecule has 0 saturated heterocycles. The molecule has 4 nitrogen and oxygen atoms in total. The van der Waals surface area contributed by atoms with E-state index >= 15 is 0 Å². The maximum atomic E-state index is 11.8. The molecular formula is C13H20N2O2. The molecule has 0 atom stereocenters. The lowest BCUT2D eigenvalue weighted by Gasteiger charge is -2.23. The third-order valence-electron chi connectivity index (χ3n) is 2.64. The number of carbonyl (C=O) groups is 1. The van der Waals surface area contributed by atoms with Gasteiger partial charge in [0.05, 0.1) is 0 Å². The van der Waals surface area contributed by atoms with Gasteiger partial charge in [-0.3, -0.25) is 4.79 Å². The second-order valence-corrected chi connectivity index (χ2v) is 4.98. The molecule has 0 aliphatic rings. The van der Waals surface area contributed by atoms with Gasteiger partial charge in [-0.05, 0) is 30.9 Å². The summed E-state index contributed by atoms with van der Waals surface area (Å²) in [5.74, 6) is -0.167. The van der Waals surface area contributed by atoms with Crippen LogP contribution in [0.2, 0.25) is 0 Å². The highest BCUT2D eigenvalue weighted by molar-refractivity contribution is 5.92. The summed E-state index contributed by atoms with van der Waals surface area (Å²) in [5, 5.41) is 11.7. The lowest BCUT2D eigenvalue weighted by atomic mass is 9.90. The minimum absolute atomic E-state index is 0.103. The smallest absolute Gasteiger partial charge is 0.269 e. The molecule has 0 aliphatic carbocycles. The summed E-state index contributed by atoms with van der Waals surface area (Å²) in [6, 6.07) is 5.37. The van der Waals surface area contributed by atoms with Crippen LogP contribution >= 0.6 is 0 Å². The van der Waals surface area contributed by atoms with Gasteiger partial charge in [0.2, 0.25) is 0 Å². The summed E-state index contributed by atoms with van der Waals surface area (Å²) >= 11 is 0. The first-order chi connectivity index (χ1) is 7.94. The van der Waals surface area contributed by atoms with E-state index in [9.17, 15) is 4.79 Å². The molecular weight excluding hydrogens is 216 g/mol. The van der Waals surface area contributed by atoms with Gasteiger partial charge in [0.15, 0.2) is 0 Å². The van der Waals surface area contributed by atoms with Gasteiger partial charge in [-0.1, -0.05) is 19.9 Å². The van der Waals surface area contributed by atoms with E-state index in [1.807, 2.05) is 32.9 Å². The van der Waals surface area contributed by atoms with E-state index in [1.165, 1.54) is 0 Å². The van der Waals surface area contributed by atoms with Crippen LogP contribution in [0.1, 0.15) is 36.5 Å². The Labute approximate surface area is 102 Å². The maximum Gasteiger partial charge on any atom is 0.269 e. The molecule has 1 heterocycles. The van der Waals surface area contributed by atoms with Crippen LogP contribution in [0.25, 0.3) is 0 Å². The van der Waals surface area contributed by atoms with Crippen molar-refractivity contribution in [3.8, 4) is 0 Å². The zero-order valence-corrected chi connectivity index (χ0v) is 10.7. The lowest BCUT2D eigenvalue weighted by molar-refractivity contribution is 0.0923.